The van der Waals surface area contributed by atoms with Gasteiger partial charge >= 0.3 is 0 Å². The van der Waals surface area contributed by atoms with Crippen molar-refractivity contribution in [3.05, 3.63) is 60.2 Å². The quantitative estimate of drug-likeness (QED) is 0.150. The van der Waals surface area contributed by atoms with Crippen molar-refractivity contribution < 1.29 is 14.6 Å². The Labute approximate surface area is 208 Å². The molecule has 0 heterocycles. The van der Waals surface area contributed by atoms with Gasteiger partial charge in [-0.15, -0.1) is 0 Å². The summed E-state index contributed by atoms with van der Waals surface area (Å²) in [6, 6.07) is 5.12. The van der Waals surface area contributed by atoms with Crippen LogP contribution < -0.4 is 10.1 Å². The zero-order chi connectivity index (χ0) is 24.7. The normalized spacial score (nSPS) is 11.7. The number of carbonyl (C=O) groups is 1. The summed E-state index contributed by atoms with van der Waals surface area (Å²) in [5, 5.41) is 12.6. The van der Waals surface area contributed by atoms with Gasteiger partial charge in [0.2, 0.25) is 5.91 Å². The number of benzene rings is 1. The van der Waals surface area contributed by atoms with Gasteiger partial charge < -0.3 is 15.2 Å². The van der Waals surface area contributed by atoms with Crippen LogP contribution in [0.1, 0.15) is 102 Å². The van der Waals surface area contributed by atoms with E-state index >= 15 is 0 Å². The molecule has 1 amide bonds. The van der Waals surface area contributed by atoms with E-state index in [4.69, 9.17) is 4.74 Å². The molecule has 0 bridgehead atoms. The number of hydrogen-bond acceptors (Lipinski definition) is 3. The minimum Gasteiger partial charge on any atom is -0.504 e. The van der Waals surface area contributed by atoms with E-state index in [1.54, 1.807) is 18.2 Å². The monoisotopic (exact) mass is 469 g/mol. The van der Waals surface area contributed by atoms with E-state index in [-0.39, 0.29) is 11.7 Å². The van der Waals surface area contributed by atoms with Crippen molar-refractivity contribution in [3.63, 3.8) is 0 Å². The molecule has 0 aromatic heterocycles. The summed E-state index contributed by atoms with van der Waals surface area (Å²) in [6.07, 6.45) is 29.7. The molecule has 0 spiro atoms. The lowest BCUT2D eigenvalue weighted by molar-refractivity contribution is -0.121. The van der Waals surface area contributed by atoms with Crippen LogP contribution in [0.4, 0.5) is 0 Å². The molecule has 0 unspecified atom stereocenters. The van der Waals surface area contributed by atoms with Crippen molar-refractivity contribution >= 4 is 5.91 Å². The maximum absolute atomic E-state index is 12.0. The van der Waals surface area contributed by atoms with Gasteiger partial charge in [-0.05, 0) is 62.6 Å². The molecule has 0 fully saturated rings. The minimum atomic E-state index is 0.0745. The third-order valence-electron chi connectivity index (χ3n) is 5.78. The summed E-state index contributed by atoms with van der Waals surface area (Å²) in [7, 11) is 1.52. The third kappa shape index (κ3) is 16.2. The van der Waals surface area contributed by atoms with E-state index in [9.17, 15) is 9.90 Å². The third-order valence-corrected chi connectivity index (χ3v) is 5.78. The molecule has 4 heteroatoms. The fourth-order valence-electron chi connectivity index (χ4n) is 3.67. The Morgan fingerprint density at radius 3 is 2.09 bits per heavy atom. The molecule has 0 saturated heterocycles. The average molecular weight is 470 g/mol. The lowest BCUT2D eigenvalue weighted by Crippen LogP contribution is -2.22. The highest BCUT2D eigenvalue weighted by Crippen LogP contribution is 2.26. The van der Waals surface area contributed by atoms with E-state index in [0.717, 1.165) is 37.7 Å². The van der Waals surface area contributed by atoms with Crippen LogP contribution in [0.15, 0.2) is 54.7 Å². The largest absolute Gasteiger partial charge is 0.504 e. The molecular weight excluding hydrogens is 422 g/mol. The fraction of sp³-hybridized carbons (Fsp3) is 0.567. The Morgan fingerprint density at radius 2 is 1.44 bits per heavy atom. The molecule has 2 N–H and O–H groups in total. The number of methoxy groups -OCH3 is 1. The molecule has 4 nitrogen and oxygen atoms in total. The highest BCUT2D eigenvalue weighted by molar-refractivity contribution is 5.75. The standard InChI is InChI=1S/C30H47NO3/c1-3-4-5-6-7-8-9-10-11-12-13-14-15-16-17-18-19-20-21-22-30(33)31-26-27-23-24-28(32)29(25-27)34-2/h8-9,11-12,14-15,23-25,32H,3-7,10,13,16-22,26H2,1-2H3,(H,31,33)/b9-8-,12-11-,15-14-. The predicted octanol–water partition coefficient (Wildman–Crippen LogP) is 8.17. The van der Waals surface area contributed by atoms with Crippen LogP contribution >= 0.6 is 0 Å². The topological polar surface area (TPSA) is 58.6 Å². The van der Waals surface area contributed by atoms with Crippen LogP contribution in [0, 0.1) is 0 Å². The Morgan fingerprint density at radius 1 is 0.853 bits per heavy atom. The van der Waals surface area contributed by atoms with Gasteiger partial charge in [-0.3, -0.25) is 4.79 Å². The average Bonchev–Trinajstić information content (AvgIpc) is 2.85. The maximum atomic E-state index is 12.0. The van der Waals surface area contributed by atoms with Crippen LogP contribution in [-0.4, -0.2) is 18.1 Å². The van der Waals surface area contributed by atoms with Crippen molar-refractivity contribution in [2.45, 2.75) is 103 Å². The molecule has 1 aromatic rings. The molecule has 0 atom stereocenters. The second kappa shape index (κ2) is 21.1. The number of hydrogen-bond donors (Lipinski definition) is 2. The van der Waals surface area contributed by atoms with Crippen molar-refractivity contribution in [2.24, 2.45) is 0 Å². The second-order valence-electron chi connectivity index (χ2n) is 8.82. The van der Waals surface area contributed by atoms with Crippen LogP contribution in [0.5, 0.6) is 11.5 Å². The second-order valence-corrected chi connectivity index (χ2v) is 8.82. The maximum Gasteiger partial charge on any atom is 0.220 e. The molecule has 34 heavy (non-hydrogen) atoms. The van der Waals surface area contributed by atoms with Crippen molar-refractivity contribution in [1.29, 1.82) is 0 Å². The minimum absolute atomic E-state index is 0.0745. The number of unbranched alkanes of at least 4 members (excludes halogenated alkanes) is 9. The van der Waals surface area contributed by atoms with Gasteiger partial charge in [-0.25, -0.2) is 0 Å². The zero-order valence-corrected chi connectivity index (χ0v) is 21.6. The summed E-state index contributed by atoms with van der Waals surface area (Å²) >= 11 is 0. The predicted molar refractivity (Wildman–Crippen MR) is 144 cm³/mol. The SMILES string of the molecule is CCCCCC/C=C\C/C=C\C/C=C\CCCCCCCC(=O)NCc1ccc(O)c(OC)c1. The van der Waals surface area contributed by atoms with Gasteiger partial charge in [-0.1, -0.05) is 88.0 Å². The van der Waals surface area contributed by atoms with Crippen molar-refractivity contribution in [1.82, 2.24) is 5.32 Å². The molecule has 190 valence electrons. The van der Waals surface area contributed by atoms with Crippen molar-refractivity contribution in [3.8, 4) is 11.5 Å². The molecular formula is C30H47NO3. The highest BCUT2D eigenvalue weighted by Gasteiger charge is 2.05. The molecule has 1 rings (SSSR count). The van der Waals surface area contributed by atoms with Gasteiger partial charge in [0.05, 0.1) is 7.11 Å². The number of ether oxygens (including phenoxy) is 1. The lowest BCUT2D eigenvalue weighted by atomic mass is 10.1. The van der Waals surface area contributed by atoms with E-state index in [2.05, 4.69) is 48.7 Å². The number of phenols is 1. The van der Waals surface area contributed by atoms with Gasteiger partial charge in [0.15, 0.2) is 11.5 Å². The number of carbonyl (C=O) groups excluding carboxylic acids is 1. The van der Waals surface area contributed by atoms with Gasteiger partial charge in [0.1, 0.15) is 0 Å². The Balaban J connectivity index is 1.92. The Hall–Kier alpha value is -2.49. The molecule has 0 radical (unpaired) electrons. The van der Waals surface area contributed by atoms with Crippen molar-refractivity contribution in [2.75, 3.05) is 7.11 Å². The van der Waals surface area contributed by atoms with Gasteiger partial charge in [0.25, 0.3) is 0 Å². The Kier molecular flexibility index (Phi) is 18.3. The van der Waals surface area contributed by atoms with Crippen LogP contribution in [-0.2, 0) is 11.3 Å². The van der Waals surface area contributed by atoms with Crippen LogP contribution in [0.2, 0.25) is 0 Å². The van der Waals surface area contributed by atoms with Gasteiger partial charge in [0, 0.05) is 13.0 Å². The molecule has 0 aliphatic carbocycles. The zero-order valence-electron chi connectivity index (χ0n) is 21.6. The summed E-state index contributed by atoms with van der Waals surface area (Å²) in [5.41, 5.74) is 0.913. The van der Waals surface area contributed by atoms with Gasteiger partial charge in [-0.2, -0.15) is 0 Å². The lowest BCUT2D eigenvalue weighted by Gasteiger charge is -2.08. The smallest absolute Gasteiger partial charge is 0.220 e. The van der Waals surface area contributed by atoms with E-state index in [1.165, 1.54) is 58.5 Å². The van der Waals surface area contributed by atoms with E-state index in [0.29, 0.717) is 18.7 Å². The fourth-order valence-corrected chi connectivity index (χ4v) is 3.67. The number of allylic oxidation sites excluding steroid dienone is 6. The molecule has 0 aliphatic heterocycles. The molecule has 0 saturated carbocycles. The summed E-state index contributed by atoms with van der Waals surface area (Å²) in [5.74, 6) is 0.608. The first-order valence-electron chi connectivity index (χ1n) is 13.2. The van der Waals surface area contributed by atoms with E-state index in [1.807, 2.05) is 0 Å². The number of phenolic OH excluding ortho intramolecular Hbond substituents is 1. The summed E-state index contributed by atoms with van der Waals surface area (Å²) < 4.78 is 5.09. The number of rotatable bonds is 20. The number of amides is 1. The molecule has 1 aromatic carbocycles. The highest BCUT2D eigenvalue weighted by atomic mass is 16.5. The molecule has 0 aliphatic rings. The Bertz CT molecular complexity index is 737. The number of aromatic hydroxyl groups is 1. The summed E-state index contributed by atoms with van der Waals surface area (Å²) in [4.78, 5) is 12.0. The first-order valence-corrected chi connectivity index (χ1v) is 13.2. The van der Waals surface area contributed by atoms with Crippen LogP contribution in [0.3, 0.4) is 0 Å². The number of nitrogens with one attached hydrogen (secondary N) is 1. The van der Waals surface area contributed by atoms with Crippen LogP contribution in [0.25, 0.3) is 0 Å². The van der Waals surface area contributed by atoms with E-state index < -0.39 is 0 Å². The first kappa shape index (κ1) is 29.5. The summed E-state index contributed by atoms with van der Waals surface area (Å²) in [6.45, 7) is 2.70. The first-order chi connectivity index (χ1) is 16.7.